The summed E-state index contributed by atoms with van der Waals surface area (Å²) in [5.74, 6) is -0.454. The van der Waals surface area contributed by atoms with E-state index in [1.165, 1.54) is 18.2 Å². The van der Waals surface area contributed by atoms with Gasteiger partial charge in [-0.1, -0.05) is 6.58 Å². The van der Waals surface area contributed by atoms with Gasteiger partial charge in [0, 0.05) is 38.3 Å². The average Bonchev–Trinajstić information content (AvgIpc) is 2.53. The van der Waals surface area contributed by atoms with E-state index in [1.807, 2.05) is 4.90 Å². The Morgan fingerprint density at radius 2 is 1.92 bits per heavy atom. The lowest BCUT2D eigenvalue weighted by Gasteiger charge is -2.35. The average molecular weight is 330 g/mol. The summed E-state index contributed by atoms with van der Waals surface area (Å²) in [6.07, 6.45) is 1.27. The van der Waals surface area contributed by atoms with Crippen LogP contribution in [0, 0.1) is 6.92 Å². The zero-order valence-corrected chi connectivity index (χ0v) is 13.3. The number of nitrogens with zero attached hydrogens (tertiary/aromatic N) is 2. The minimum atomic E-state index is -0.534. The number of phenolic OH excluding ortho intramolecular Hbond substituents is 2. The number of fused-ring (bicyclic) bond motifs is 1. The molecule has 0 aliphatic carbocycles. The number of carbonyl (C=O) groups excluding carboxylic acids is 1. The second-order valence-electron chi connectivity index (χ2n) is 5.72. The summed E-state index contributed by atoms with van der Waals surface area (Å²) in [6.45, 7) is 7.12. The maximum absolute atomic E-state index is 12.4. The first-order valence-corrected chi connectivity index (χ1v) is 7.58. The van der Waals surface area contributed by atoms with Crippen LogP contribution in [-0.4, -0.2) is 47.2 Å². The number of anilines is 1. The van der Waals surface area contributed by atoms with Crippen LogP contribution in [0.2, 0.25) is 0 Å². The molecule has 1 aromatic heterocycles. The van der Waals surface area contributed by atoms with Crippen molar-refractivity contribution in [1.82, 2.24) is 4.90 Å². The summed E-state index contributed by atoms with van der Waals surface area (Å²) in [4.78, 5) is 27.5. The van der Waals surface area contributed by atoms with Crippen LogP contribution >= 0.6 is 0 Å². The molecular formula is C17H18N2O5. The van der Waals surface area contributed by atoms with Gasteiger partial charge in [0.25, 0.3) is 0 Å². The van der Waals surface area contributed by atoms with E-state index in [-0.39, 0.29) is 23.0 Å². The van der Waals surface area contributed by atoms with E-state index >= 15 is 0 Å². The molecule has 1 fully saturated rings. The van der Waals surface area contributed by atoms with Crippen molar-refractivity contribution >= 4 is 22.6 Å². The van der Waals surface area contributed by atoms with Gasteiger partial charge in [-0.2, -0.15) is 0 Å². The maximum atomic E-state index is 12.4. The van der Waals surface area contributed by atoms with Crippen LogP contribution in [0.25, 0.3) is 11.0 Å². The van der Waals surface area contributed by atoms with Crippen LogP contribution in [0.5, 0.6) is 11.5 Å². The molecule has 0 atom stereocenters. The second-order valence-corrected chi connectivity index (χ2v) is 5.72. The summed E-state index contributed by atoms with van der Waals surface area (Å²) < 4.78 is 5.27. The molecule has 2 N–H and O–H groups in total. The summed E-state index contributed by atoms with van der Waals surface area (Å²) in [5, 5.41) is 20.0. The van der Waals surface area contributed by atoms with Crippen LogP contribution in [0.1, 0.15) is 5.56 Å². The van der Waals surface area contributed by atoms with Gasteiger partial charge in [0.2, 0.25) is 5.91 Å². The number of hydrogen-bond donors (Lipinski definition) is 2. The number of aromatic hydroxyl groups is 2. The zero-order valence-electron chi connectivity index (χ0n) is 13.3. The van der Waals surface area contributed by atoms with Gasteiger partial charge in [-0.25, -0.2) is 4.79 Å². The van der Waals surface area contributed by atoms with Crippen molar-refractivity contribution in [1.29, 1.82) is 0 Å². The number of phenols is 2. The smallest absolute Gasteiger partial charge is 0.360 e. The Kier molecular flexibility index (Phi) is 3.92. The molecule has 1 aliphatic heterocycles. The highest BCUT2D eigenvalue weighted by Crippen LogP contribution is 2.34. The Morgan fingerprint density at radius 3 is 2.54 bits per heavy atom. The lowest BCUT2D eigenvalue weighted by Crippen LogP contribution is -2.49. The first kappa shape index (κ1) is 15.9. The van der Waals surface area contributed by atoms with Gasteiger partial charge in [-0.05, 0) is 18.6 Å². The molecule has 7 heteroatoms. The molecule has 0 radical (unpaired) electrons. The van der Waals surface area contributed by atoms with E-state index in [9.17, 15) is 19.8 Å². The number of aryl methyl sites for hydroxylation is 1. The number of piperazine rings is 1. The number of carbonyl (C=O) groups is 1. The van der Waals surface area contributed by atoms with Gasteiger partial charge in [0.15, 0.2) is 0 Å². The molecule has 24 heavy (non-hydrogen) atoms. The van der Waals surface area contributed by atoms with Crippen molar-refractivity contribution in [2.75, 3.05) is 31.1 Å². The third kappa shape index (κ3) is 2.58. The van der Waals surface area contributed by atoms with E-state index in [0.29, 0.717) is 42.8 Å². The number of rotatable bonds is 2. The van der Waals surface area contributed by atoms with Gasteiger partial charge < -0.3 is 24.4 Å². The molecule has 2 aromatic rings. The molecule has 1 saturated heterocycles. The van der Waals surface area contributed by atoms with Crippen molar-refractivity contribution < 1.29 is 19.4 Å². The summed E-state index contributed by atoms with van der Waals surface area (Å²) in [5.41, 5.74) is 0.559. The lowest BCUT2D eigenvalue weighted by atomic mass is 10.1. The molecule has 1 amide bonds. The molecule has 1 aliphatic rings. The highest BCUT2D eigenvalue weighted by molar-refractivity contribution is 5.91. The number of amides is 1. The van der Waals surface area contributed by atoms with Crippen molar-refractivity contribution in [2.24, 2.45) is 0 Å². The quantitative estimate of drug-likeness (QED) is 0.637. The zero-order chi connectivity index (χ0) is 17.4. The Balaban J connectivity index is 2.01. The first-order chi connectivity index (χ1) is 11.4. The SMILES string of the molecule is C=CC(=O)N1CCN(c2c(C)c3c(O)cc(O)cc3oc2=O)CC1. The molecule has 7 nitrogen and oxygen atoms in total. The first-order valence-electron chi connectivity index (χ1n) is 7.58. The fourth-order valence-electron chi connectivity index (χ4n) is 3.11. The summed E-state index contributed by atoms with van der Waals surface area (Å²) in [7, 11) is 0. The summed E-state index contributed by atoms with van der Waals surface area (Å²) >= 11 is 0. The van der Waals surface area contributed by atoms with Crippen LogP contribution in [-0.2, 0) is 4.79 Å². The Bertz CT molecular complexity index is 879. The van der Waals surface area contributed by atoms with Gasteiger partial charge in [-0.3, -0.25) is 4.79 Å². The van der Waals surface area contributed by atoms with E-state index < -0.39 is 5.63 Å². The predicted octanol–water partition coefficient (Wildman–Crippen LogP) is 1.35. The largest absolute Gasteiger partial charge is 0.508 e. The van der Waals surface area contributed by atoms with Crippen LogP contribution in [0.4, 0.5) is 5.69 Å². The molecule has 0 saturated carbocycles. The minimum absolute atomic E-state index is 0.134. The Morgan fingerprint density at radius 1 is 1.25 bits per heavy atom. The van der Waals surface area contributed by atoms with Crippen LogP contribution < -0.4 is 10.5 Å². The molecule has 0 unspecified atom stereocenters. The predicted molar refractivity (Wildman–Crippen MR) is 89.5 cm³/mol. The Labute approximate surface area is 138 Å². The molecular weight excluding hydrogens is 312 g/mol. The number of hydrogen-bond acceptors (Lipinski definition) is 6. The lowest BCUT2D eigenvalue weighted by molar-refractivity contribution is -0.126. The highest BCUT2D eigenvalue weighted by Gasteiger charge is 2.25. The fraction of sp³-hybridized carbons (Fsp3) is 0.294. The highest BCUT2D eigenvalue weighted by atomic mass is 16.4. The molecule has 0 bridgehead atoms. The third-order valence-corrected chi connectivity index (χ3v) is 4.27. The maximum Gasteiger partial charge on any atom is 0.360 e. The normalized spacial score (nSPS) is 14.9. The standard InChI is InChI=1S/C17H18N2O5/c1-3-14(22)18-4-6-19(7-5-18)16-10(2)15-12(21)8-11(20)9-13(15)24-17(16)23/h3,8-9,20-21H,1,4-7H2,2H3. The topological polar surface area (TPSA) is 94.2 Å². The van der Waals surface area contributed by atoms with Gasteiger partial charge in [0.05, 0.1) is 5.39 Å². The molecule has 3 rings (SSSR count). The monoisotopic (exact) mass is 330 g/mol. The summed E-state index contributed by atoms with van der Waals surface area (Å²) in [6, 6.07) is 2.51. The van der Waals surface area contributed by atoms with Gasteiger partial charge >= 0.3 is 5.63 Å². The van der Waals surface area contributed by atoms with Crippen LogP contribution in [0.3, 0.4) is 0 Å². The van der Waals surface area contributed by atoms with Crippen molar-refractivity contribution in [2.45, 2.75) is 6.92 Å². The number of benzene rings is 1. The van der Waals surface area contributed by atoms with Crippen molar-refractivity contribution in [3.05, 3.63) is 40.8 Å². The molecule has 0 spiro atoms. The van der Waals surface area contributed by atoms with Crippen LogP contribution in [0.15, 0.2) is 34.0 Å². The Hall–Kier alpha value is -2.96. The van der Waals surface area contributed by atoms with Crippen molar-refractivity contribution in [3.63, 3.8) is 0 Å². The van der Waals surface area contributed by atoms with E-state index in [1.54, 1.807) is 11.8 Å². The second kappa shape index (κ2) is 5.92. The van der Waals surface area contributed by atoms with Gasteiger partial charge in [-0.15, -0.1) is 0 Å². The molecule has 1 aromatic carbocycles. The van der Waals surface area contributed by atoms with Crippen molar-refractivity contribution in [3.8, 4) is 11.5 Å². The minimum Gasteiger partial charge on any atom is -0.508 e. The van der Waals surface area contributed by atoms with E-state index in [2.05, 4.69) is 6.58 Å². The fourth-order valence-corrected chi connectivity index (χ4v) is 3.11. The molecule has 2 heterocycles. The third-order valence-electron chi connectivity index (χ3n) is 4.27. The molecule has 126 valence electrons. The van der Waals surface area contributed by atoms with E-state index in [4.69, 9.17) is 4.42 Å². The van der Waals surface area contributed by atoms with E-state index in [0.717, 1.165) is 0 Å². The van der Waals surface area contributed by atoms with Gasteiger partial charge in [0.1, 0.15) is 22.8 Å².